The first-order chi connectivity index (χ1) is 25.2. The summed E-state index contributed by atoms with van der Waals surface area (Å²) < 4.78 is 0. The van der Waals surface area contributed by atoms with E-state index in [1.165, 1.54) is 7.05 Å². The van der Waals surface area contributed by atoms with Gasteiger partial charge in [0.25, 0.3) is 0 Å². The van der Waals surface area contributed by atoms with Gasteiger partial charge in [-0.1, -0.05) is 0 Å². The number of nitrogens with two attached hydrogens (primary N) is 2. The number of aliphatic carboxylic acids is 4. The lowest BCUT2D eigenvalue weighted by Gasteiger charge is -2.27. The van der Waals surface area contributed by atoms with Crippen molar-refractivity contribution in [3.05, 3.63) is 0 Å². The van der Waals surface area contributed by atoms with Gasteiger partial charge < -0.3 is 93.4 Å². The number of carbonyl (C=O) groups excluding carboxylic acids is 11. The monoisotopic (exact) mass is 773 g/mol. The molecule has 0 aromatic heterocycles. The van der Waals surface area contributed by atoms with E-state index in [2.05, 4.69) is 10.6 Å². The van der Waals surface area contributed by atoms with Gasteiger partial charge in [0.1, 0.15) is 36.3 Å². The normalized spacial score (nSPS) is 14.6. The largest absolute Gasteiger partial charge is 0.550 e. The Morgan fingerprint density at radius 2 is 0.852 bits per heavy atom. The number of primary amides is 1. The lowest BCUT2D eigenvalue weighted by atomic mass is 10.1. The number of carbonyl (C=O) groups is 11. The first kappa shape index (κ1) is 48.0. The third-order valence-corrected chi connectivity index (χ3v) is 7.22. The Morgan fingerprint density at radius 3 is 1.22 bits per heavy atom. The van der Waals surface area contributed by atoms with Crippen LogP contribution in [0.3, 0.4) is 0 Å². The summed E-state index contributed by atoms with van der Waals surface area (Å²) in [5, 5.41) is 68.8. The SMILES string of the molecule is CN[C@@H](CC(=O)[O-])C(=O)NC(CC(=O)[O-])C(=O)N[C@@H](C)C(=O)NC(CC(=O)[O-])C(=O)N[C@@H](CO)C(=O)NC(CC(=O)[O-])C(=O)N[C@@H](CCCCN)C(N)=O. The molecular weight excluding hydrogens is 730 g/mol. The van der Waals surface area contributed by atoms with Crippen molar-refractivity contribution < 1.29 is 78.3 Å². The quantitative estimate of drug-likeness (QED) is 0.0346. The number of aliphatic hydroxyl groups is 1. The van der Waals surface area contributed by atoms with Crippen LogP contribution in [0.1, 0.15) is 51.9 Å². The van der Waals surface area contributed by atoms with E-state index in [0.717, 1.165) is 6.92 Å². The van der Waals surface area contributed by atoms with E-state index in [4.69, 9.17) is 11.5 Å². The molecule has 0 heterocycles. The lowest BCUT2D eigenvalue weighted by Crippen LogP contribution is -2.61. The van der Waals surface area contributed by atoms with E-state index < -0.39 is 140 Å². The summed E-state index contributed by atoms with van der Waals surface area (Å²) in [4.78, 5) is 133. The topological polar surface area (TPSA) is 436 Å². The molecule has 12 N–H and O–H groups in total. The fourth-order valence-electron chi connectivity index (χ4n) is 4.36. The number of nitrogens with one attached hydrogen (secondary N) is 7. The maximum Gasteiger partial charge on any atom is 0.245 e. The number of hydrogen-bond donors (Lipinski definition) is 10. The number of carboxylic acids is 4. The molecule has 7 amide bonds. The summed E-state index contributed by atoms with van der Waals surface area (Å²) in [5.74, 6) is -16.1. The van der Waals surface area contributed by atoms with Crippen molar-refractivity contribution in [3.63, 3.8) is 0 Å². The molecule has 0 aromatic carbocycles. The van der Waals surface area contributed by atoms with Crippen LogP contribution in [0.4, 0.5) is 0 Å². The van der Waals surface area contributed by atoms with Crippen molar-refractivity contribution in [2.75, 3.05) is 20.2 Å². The van der Waals surface area contributed by atoms with Crippen molar-refractivity contribution in [1.29, 1.82) is 0 Å². The third-order valence-electron chi connectivity index (χ3n) is 7.22. The Balaban J connectivity index is 5.86. The molecule has 0 aromatic rings. The second-order valence-electron chi connectivity index (χ2n) is 11.6. The van der Waals surface area contributed by atoms with Crippen LogP contribution < -0.4 is 69.1 Å². The molecule has 0 saturated heterocycles. The highest BCUT2D eigenvalue weighted by atomic mass is 16.4. The number of rotatable bonds is 27. The summed E-state index contributed by atoms with van der Waals surface area (Å²) in [6, 6.07) is -12.4. The number of carboxylic acid groups (broad SMARTS) is 4. The van der Waals surface area contributed by atoms with Crippen LogP contribution in [0.5, 0.6) is 0 Å². The van der Waals surface area contributed by atoms with Crippen molar-refractivity contribution in [2.45, 2.75) is 94.2 Å². The minimum Gasteiger partial charge on any atom is -0.550 e. The Labute approximate surface area is 306 Å². The summed E-state index contributed by atoms with van der Waals surface area (Å²) >= 11 is 0. The molecule has 0 saturated carbocycles. The van der Waals surface area contributed by atoms with Gasteiger partial charge in [-0.15, -0.1) is 0 Å². The van der Waals surface area contributed by atoms with Crippen LogP contribution in [0.25, 0.3) is 0 Å². The number of likely N-dealkylation sites (N-methyl/N-ethyl adjacent to an activating group) is 1. The average Bonchev–Trinajstić information content (AvgIpc) is 3.06. The highest BCUT2D eigenvalue weighted by molar-refractivity contribution is 5.99. The molecule has 54 heavy (non-hydrogen) atoms. The van der Waals surface area contributed by atoms with Crippen LogP contribution in [-0.2, 0) is 52.7 Å². The van der Waals surface area contributed by atoms with Gasteiger partial charge in [-0.2, -0.15) is 0 Å². The fraction of sp³-hybridized carbons (Fsp3) is 0.621. The minimum absolute atomic E-state index is 0.00810. The fourth-order valence-corrected chi connectivity index (χ4v) is 4.36. The molecule has 0 aliphatic heterocycles. The number of amides is 7. The molecule has 0 bridgehead atoms. The highest BCUT2D eigenvalue weighted by Gasteiger charge is 2.33. The van der Waals surface area contributed by atoms with E-state index >= 15 is 0 Å². The molecule has 3 unspecified atom stereocenters. The lowest BCUT2D eigenvalue weighted by molar-refractivity contribution is -0.307. The molecule has 0 aliphatic rings. The maximum absolute atomic E-state index is 13.0. The van der Waals surface area contributed by atoms with Gasteiger partial charge in [-0.3, -0.25) is 33.6 Å². The van der Waals surface area contributed by atoms with Crippen LogP contribution >= 0.6 is 0 Å². The Bertz CT molecular complexity index is 1410. The van der Waals surface area contributed by atoms with E-state index in [1.807, 2.05) is 26.6 Å². The summed E-state index contributed by atoms with van der Waals surface area (Å²) in [7, 11) is 1.18. The van der Waals surface area contributed by atoms with Gasteiger partial charge in [-0.25, -0.2) is 0 Å². The zero-order chi connectivity index (χ0) is 41.7. The number of unbranched alkanes of at least 4 members (excludes halogenated alkanes) is 1. The minimum atomic E-state index is -2.09. The second kappa shape index (κ2) is 24.3. The predicted octanol–water partition coefficient (Wildman–Crippen LogP) is -12.3. The molecule has 304 valence electrons. The first-order valence-electron chi connectivity index (χ1n) is 16.1. The second-order valence-corrected chi connectivity index (χ2v) is 11.6. The van der Waals surface area contributed by atoms with Gasteiger partial charge in [0.15, 0.2) is 0 Å². The molecule has 25 nitrogen and oxygen atoms in total. The zero-order valence-corrected chi connectivity index (χ0v) is 29.1. The van der Waals surface area contributed by atoms with Crippen molar-refractivity contribution in [3.8, 4) is 0 Å². The Hall–Kier alpha value is -5.95. The van der Waals surface area contributed by atoms with Crippen molar-refractivity contribution >= 4 is 65.2 Å². The van der Waals surface area contributed by atoms with Gasteiger partial charge in [0.2, 0.25) is 41.4 Å². The summed E-state index contributed by atoms with van der Waals surface area (Å²) in [5.41, 5.74) is 10.7. The average molecular weight is 774 g/mol. The summed E-state index contributed by atoms with van der Waals surface area (Å²) in [6.45, 7) is 0.00393. The molecule has 7 atom stereocenters. The molecule has 25 heteroatoms. The van der Waals surface area contributed by atoms with E-state index in [1.54, 1.807) is 0 Å². The van der Waals surface area contributed by atoms with E-state index in [9.17, 15) is 78.3 Å². The van der Waals surface area contributed by atoms with Gasteiger partial charge in [0.05, 0.1) is 12.6 Å². The third kappa shape index (κ3) is 18.5. The van der Waals surface area contributed by atoms with Crippen LogP contribution in [0, 0.1) is 0 Å². The predicted molar refractivity (Wildman–Crippen MR) is 168 cm³/mol. The highest BCUT2D eigenvalue weighted by Crippen LogP contribution is 2.04. The first-order valence-corrected chi connectivity index (χ1v) is 16.1. The van der Waals surface area contributed by atoms with Crippen LogP contribution in [0.15, 0.2) is 0 Å². The maximum atomic E-state index is 13.0. The molecular formula is C29H43N9O16-4. The van der Waals surface area contributed by atoms with Crippen molar-refractivity contribution in [1.82, 2.24) is 37.2 Å². The van der Waals surface area contributed by atoms with Crippen molar-refractivity contribution in [2.24, 2.45) is 11.5 Å². The summed E-state index contributed by atoms with van der Waals surface area (Å²) in [6.07, 6.45) is -3.66. The van der Waals surface area contributed by atoms with Crippen LogP contribution in [0.2, 0.25) is 0 Å². The van der Waals surface area contributed by atoms with Gasteiger partial charge in [-0.05, 0) is 39.8 Å². The van der Waals surface area contributed by atoms with E-state index in [-0.39, 0.29) is 13.0 Å². The number of aliphatic hydroxyl groups excluding tert-OH is 1. The molecule has 0 aliphatic carbocycles. The van der Waals surface area contributed by atoms with Crippen LogP contribution in [-0.4, -0.2) is 133 Å². The smallest absolute Gasteiger partial charge is 0.245 e. The van der Waals surface area contributed by atoms with Gasteiger partial charge >= 0.3 is 0 Å². The molecule has 0 fully saturated rings. The Kier molecular flexibility index (Phi) is 21.6. The Morgan fingerprint density at radius 1 is 0.519 bits per heavy atom. The molecule has 0 spiro atoms. The van der Waals surface area contributed by atoms with E-state index in [0.29, 0.717) is 12.8 Å². The molecule has 0 radical (unpaired) electrons. The number of hydrogen-bond acceptors (Lipinski definition) is 18. The zero-order valence-electron chi connectivity index (χ0n) is 29.1. The molecule has 0 rings (SSSR count). The van der Waals surface area contributed by atoms with Gasteiger partial charge in [0, 0.05) is 49.6 Å². The standard InChI is InChI=1S/C29H47N9O16/c1-12(33-26(51)15(8-20(42)43)36-25(50)14(32-2)7-19(40)41)24(49)35-16(9-21(44)45)28(53)38-18(11-39)29(54)37-17(10-22(46)47)27(52)34-13(23(31)48)5-3-4-6-30/h12-18,32,39H,3-11,30H2,1-2H3,(H2,31,48)(H,33,51)(H,34,52)(H,35,49)(H,36,50)(H,37,54)(H,38,53)(H,40,41)(H,42,43)(H,44,45)(H,46,47)/p-4/t12-,13-,14-,15?,16?,17?,18-/m0/s1.